The van der Waals surface area contributed by atoms with E-state index in [0.29, 0.717) is 37.8 Å². The molecule has 0 radical (unpaired) electrons. The Morgan fingerprint density at radius 2 is 2.26 bits per heavy atom. The molecule has 0 spiro atoms. The molecule has 2 heterocycles. The normalized spacial score (nSPS) is 15.4. The second-order valence-corrected chi connectivity index (χ2v) is 6.23. The van der Waals surface area contributed by atoms with Gasteiger partial charge in [0.2, 0.25) is 0 Å². The highest BCUT2D eigenvalue weighted by Crippen LogP contribution is 2.13. The van der Waals surface area contributed by atoms with Crippen LogP contribution < -0.4 is 10.9 Å². The van der Waals surface area contributed by atoms with Gasteiger partial charge in [-0.3, -0.25) is 4.79 Å². The van der Waals surface area contributed by atoms with Gasteiger partial charge in [-0.1, -0.05) is 6.92 Å². The average molecular weight is 321 g/mol. The summed E-state index contributed by atoms with van der Waals surface area (Å²) in [6.45, 7) is 6.73. The molecule has 0 aliphatic carbocycles. The number of nitrogens with one attached hydrogen (secondary N) is 1. The van der Waals surface area contributed by atoms with Crippen molar-refractivity contribution in [1.29, 1.82) is 0 Å². The fourth-order valence-electron chi connectivity index (χ4n) is 2.67. The van der Waals surface area contributed by atoms with Crippen LogP contribution in [-0.2, 0) is 20.0 Å². The quantitative estimate of drug-likeness (QED) is 0.861. The lowest BCUT2D eigenvalue weighted by molar-refractivity contribution is 0.187. The molecule has 7 heteroatoms. The lowest BCUT2D eigenvalue weighted by Crippen LogP contribution is -2.46. The van der Waals surface area contributed by atoms with Crippen molar-refractivity contribution in [1.82, 2.24) is 24.7 Å². The molecule has 1 aromatic heterocycles. The number of nitrogens with zero attached hydrogens (tertiary/aromatic N) is 4. The van der Waals surface area contributed by atoms with E-state index in [1.807, 2.05) is 0 Å². The van der Waals surface area contributed by atoms with Gasteiger partial charge in [0.25, 0.3) is 5.56 Å². The van der Waals surface area contributed by atoms with Crippen LogP contribution >= 0.6 is 0 Å². The molecule has 0 saturated carbocycles. The third kappa shape index (κ3) is 4.10. The maximum absolute atomic E-state index is 12.3. The van der Waals surface area contributed by atoms with Crippen LogP contribution in [0.3, 0.4) is 0 Å². The maximum Gasteiger partial charge on any atom is 0.317 e. The molecule has 128 valence electrons. The Morgan fingerprint density at radius 1 is 1.52 bits per heavy atom. The van der Waals surface area contributed by atoms with E-state index >= 15 is 0 Å². The van der Waals surface area contributed by atoms with Crippen molar-refractivity contribution in [2.75, 3.05) is 26.7 Å². The van der Waals surface area contributed by atoms with Gasteiger partial charge < -0.3 is 19.7 Å². The van der Waals surface area contributed by atoms with Gasteiger partial charge in [0.05, 0.1) is 18.6 Å². The predicted octanol–water partition coefficient (Wildman–Crippen LogP) is 0.578. The molecular formula is C16H27N5O2. The smallest absolute Gasteiger partial charge is 0.317 e. The first-order chi connectivity index (χ1) is 10.9. The van der Waals surface area contributed by atoms with Gasteiger partial charge in [0, 0.05) is 38.3 Å². The fraction of sp³-hybridized carbons (Fsp3) is 0.688. The van der Waals surface area contributed by atoms with Crippen molar-refractivity contribution in [3.05, 3.63) is 27.9 Å². The standard InChI is InChI=1S/C16H27N5O2/c1-5-12(2)19(3)9-7-17-16(23)21-8-6-13-14(10-21)18-11-20(4)15(13)22/h11-12H,5-10H2,1-4H3,(H,17,23)/t12-/m1/s1. The van der Waals surface area contributed by atoms with Gasteiger partial charge in [-0.2, -0.15) is 0 Å². The number of urea groups is 1. The highest BCUT2D eigenvalue weighted by molar-refractivity contribution is 5.74. The molecular weight excluding hydrogens is 294 g/mol. The zero-order valence-corrected chi connectivity index (χ0v) is 14.5. The number of hydrogen-bond donors (Lipinski definition) is 1. The minimum atomic E-state index is -0.0873. The second-order valence-electron chi connectivity index (χ2n) is 6.23. The fourth-order valence-corrected chi connectivity index (χ4v) is 2.67. The molecule has 0 aromatic carbocycles. The minimum Gasteiger partial charge on any atom is -0.337 e. The molecule has 7 nitrogen and oxygen atoms in total. The zero-order chi connectivity index (χ0) is 17.0. The minimum absolute atomic E-state index is 0.00904. The Bertz CT molecular complexity index is 613. The number of rotatable bonds is 5. The maximum atomic E-state index is 12.3. The summed E-state index contributed by atoms with van der Waals surface area (Å²) in [6.07, 6.45) is 3.17. The first-order valence-corrected chi connectivity index (χ1v) is 8.20. The molecule has 2 amide bonds. The molecule has 1 atom stereocenters. The topological polar surface area (TPSA) is 70.5 Å². The molecule has 0 saturated heterocycles. The summed E-state index contributed by atoms with van der Waals surface area (Å²) in [6, 6.07) is 0.421. The molecule has 1 aliphatic heterocycles. The van der Waals surface area contributed by atoms with Gasteiger partial charge in [-0.15, -0.1) is 0 Å². The van der Waals surface area contributed by atoms with Crippen LogP contribution in [0, 0.1) is 0 Å². The van der Waals surface area contributed by atoms with Crippen molar-refractivity contribution < 1.29 is 4.79 Å². The number of fused-ring (bicyclic) bond motifs is 1. The average Bonchev–Trinajstić information content (AvgIpc) is 2.56. The molecule has 0 fully saturated rings. The Morgan fingerprint density at radius 3 is 2.96 bits per heavy atom. The Labute approximate surface area is 137 Å². The van der Waals surface area contributed by atoms with E-state index in [0.717, 1.165) is 18.5 Å². The van der Waals surface area contributed by atoms with Crippen molar-refractivity contribution in [2.45, 2.75) is 39.3 Å². The Kier molecular flexibility index (Phi) is 5.76. The second kappa shape index (κ2) is 7.59. The Balaban J connectivity index is 1.88. The monoisotopic (exact) mass is 321 g/mol. The lowest BCUT2D eigenvalue weighted by Gasteiger charge is -2.29. The first kappa shape index (κ1) is 17.5. The van der Waals surface area contributed by atoms with E-state index in [4.69, 9.17) is 0 Å². The van der Waals surface area contributed by atoms with Gasteiger partial charge in [0.1, 0.15) is 0 Å². The third-order valence-corrected chi connectivity index (χ3v) is 4.66. The van der Waals surface area contributed by atoms with E-state index < -0.39 is 0 Å². The largest absolute Gasteiger partial charge is 0.337 e. The SMILES string of the molecule is CC[C@@H](C)N(C)CCNC(=O)N1CCc2c(ncn(C)c2=O)C1. The van der Waals surface area contributed by atoms with Crippen LogP contribution in [0.1, 0.15) is 31.5 Å². The summed E-state index contributed by atoms with van der Waals surface area (Å²) in [5.74, 6) is 0. The van der Waals surface area contributed by atoms with Crippen LogP contribution in [0.2, 0.25) is 0 Å². The summed E-state index contributed by atoms with van der Waals surface area (Å²) in [5.41, 5.74) is 1.44. The molecule has 2 rings (SSSR count). The van der Waals surface area contributed by atoms with Gasteiger partial charge in [-0.05, 0) is 26.8 Å². The molecule has 1 N–H and O–H groups in total. The van der Waals surface area contributed by atoms with Crippen molar-refractivity contribution in [2.24, 2.45) is 7.05 Å². The summed E-state index contributed by atoms with van der Waals surface area (Å²) >= 11 is 0. The molecule has 23 heavy (non-hydrogen) atoms. The van der Waals surface area contributed by atoms with E-state index in [-0.39, 0.29) is 11.6 Å². The van der Waals surface area contributed by atoms with Gasteiger partial charge in [0.15, 0.2) is 0 Å². The number of aromatic nitrogens is 2. The predicted molar refractivity (Wildman–Crippen MR) is 89.4 cm³/mol. The summed E-state index contributed by atoms with van der Waals surface area (Å²) in [5, 5.41) is 2.95. The number of likely N-dealkylation sites (N-methyl/N-ethyl adjacent to an activating group) is 1. The number of amides is 2. The number of aryl methyl sites for hydroxylation is 1. The molecule has 1 aromatic rings. The van der Waals surface area contributed by atoms with Crippen LogP contribution in [-0.4, -0.2) is 58.1 Å². The summed E-state index contributed by atoms with van der Waals surface area (Å²) in [7, 11) is 3.76. The highest BCUT2D eigenvalue weighted by atomic mass is 16.2. The molecule has 0 bridgehead atoms. The van der Waals surface area contributed by atoms with E-state index in [2.05, 4.69) is 36.1 Å². The molecule has 0 unspecified atom stereocenters. The Hall–Kier alpha value is -1.89. The van der Waals surface area contributed by atoms with Crippen molar-refractivity contribution >= 4 is 6.03 Å². The summed E-state index contributed by atoms with van der Waals surface area (Å²) in [4.78, 5) is 32.5. The number of carbonyl (C=O) groups excluding carboxylic acids is 1. The van der Waals surface area contributed by atoms with Crippen molar-refractivity contribution in [3.63, 3.8) is 0 Å². The number of hydrogen-bond acceptors (Lipinski definition) is 4. The lowest BCUT2D eigenvalue weighted by atomic mass is 10.1. The van der Waals surface area contributed by atoms with Gasteiger partial charge >= 0.3 is 6.03 Å². The van der Waals surface area contributed by atoms with Crippen LogP contribution in [0.15, 0.2) is 11.1 Å². The first-order valence-electron chi connectivity index (χ1n) is 8.20. The number of carbonyl (C=O) groups is 1. The van der Waals surface area contributed by atoms with Gasteiger partial charge in [-0.25, -0.2) is 9.78 Å². The van der Waals surface area contributed by atoms with E-state index in [1.54, 1.807) is 11.9 Å². The summed E-state index contributed by atoms with van der Waals surface area (Å²) < 4.78 is 1.49. The molecule has 1 aliphatic rings. The van der Waals surface area contributed by atoms with Crippen LogP contribution in [0.4, 0.5) is 4.79 Å². The van der Waals surface area contributed by atoms with Crippen molar-refractivity contribution in [3.8, 4) is 0 Å². The highest BCUT2D eigenvalue weighted by Gasteiger charge is 2.23. The van der Waals surface area contributed by atoms with Crippen LogP contribution in [0.25, 0.3) is 0 Å². The van der Waals surface area contributed by atoms with E-state index in [9.17, 15) is 9.59 Å². The zero-order valence-electron chi connectivity index (χ0n) is 14.5. The van der Waals surface area contributed by atoms with Crippen LogP contribution in [0.5, 0.6) is 0 Å². The van der Waals surface area contributed by atoms with E-state index in [1.165, 1.54) is 10.9 Å². The third-order valence-electron chi connectivity index (χ3n) is 4.66.